The van der Waals surface area contributed by atoms with E-state index in [1.807, 2.05) is 6.92 Å². The van der Waals surface area contributed by atoms with Crippen LogP contribution >= 0.6 is 0 Å². The summed E-state index contributed by atoms with van der Waals surface area (Å²) in [5.41, 5.74) is 6.69. The van der Waals surface area contributed by atoms with E-state index in [0.29, 0.717) is 17.7 Å². The van der Waals surface area contributed by atoms with Gasteiger partial charge in [-0.15, -0.1) is 0 Å². The number of hydrogen-bond donors (Lipinski definition) is 1. The second-order valence-electron chi connectivity index (χ2n) is 7.00. The Morgan fingerprint density at radius 2 is 1.78 bits per heavy atom. The SMILES string of the molecule is Cc1cc(N)nc(N2CCC(C(=O)N3CCC(C)CC3)CC2)n1. The van der Waals surface area contributed by atoms with Crippen molar-refractivity contribution >= 4 is 17.7 Å². The first-order valence-electron chi connectivity index (χ1n) is 8.68. The largest absolute Gasteiger partial charge is 0.384 e. The van der Waals surface area contributed by atoms with E-state index >= 15 is 0 Å². The summed E-state index contributed by atoms with van der Waals surface area (Å²) < 4.78 is 0. The molecule has 0 atom stereocenters. The summed E-state index contributed by atoms with van der Waals surface area (Å²) in [6, 6.07) is 1.77. The standard InChI is InChI=1S/C17H27N5O/c1-12-3-7-21(8-4-12)16(23)14-5-9-22(10-6-14)17-19-13(2)11-15(18)20-17/h11-12,14H,3-10H2,1-2H3,(H2,18,19,20). The van der Waals surface area contributed by atoms with E-state index in [9.17, 15) is 4.79 Å². The minimum Gasteiger partial charge on any atom is -0.384 e. The van der Waals surface area contributed by atoms with Crippen molar-refractivity contribution in [1.82, 2.24) is 14.9 Å². The lowest BCUT2D eigenvalue weighted by molar-refractivity contribution is -0.137. The third-order valence-corrected chi connectivity index (χ3v) is 5.08. The van der Waals surface area contributed by atoms with E-state index in [-0.39, 0.29) is 5.92 Å². The van der Waals surface area contributed by atoms with Crippen LogP contribution < -0.4 is 10.6 Å². The number of nitrogen functional groups attached to an aromatic ring is 1. The van der Waals surface area contributed by atoms with Gasteiger partial charge >= 0.3 is 0 Å². The van der Waals surface area contributed by atoms with Crippen LogP contribution in [0.2, 0.25) is 0 Å². The number of carbonyl (C=O) groups excluding carboxylic acids is 1. The molecule has 0 spiro atoms. The number of amides is 1. The number of anilines is 2. The molecule has 0 aromatic carbocycles. The molecule has 6 heteroatoms. The highest BCUT2D eigenvalue weighted by molar-refractivity contribution is 5.79. The second kappa shape index (κ2) is 6.72. The average Bonchev–Trinajstić information content (AvgIpc) is 2.54. The fraction of sp³-hybridized carbons (Fsp3) is 0.706. The highest BCUT2D eigenvalue weighted by atomic mass is 16.2. The summed E-state index contributed by atoms with van der Waals surface area (Å²) in [6.07, 6.45) is 4.03. The molecule has 2 N–H and O–H groups in total. The van der Waals surface area contributed by atoms with Crippen LogP contribution in [-0.2, 0) is 4.79 Å². The van der Waals surface area contributed by atoms with Crippen molar-refractivity contribution in [2.24, 2.45) is 11.8 Å². The molecule has 3 rings (SSSR count). The van der Waals surface area contributed by atoms with Crippen LogP contribution in [0.15, 0.2) is 6.07 Å². The topological polar surface area (TPSA) is 75.3 Å². The maximum atomic E-state index is 12.7. The van der Waals surface area contributed by atoms with Gasteiger partial charge in [-0.2, -0.15) is 4.98 Å². The predicted molar refractivity (Wildman–Crippen MR) is 91.1 cm³/mol. The Balaban J connectivity index is 1.56. The van der Waals surface area contributed by atoms with Gasteiger partial charge in [0.2, 0.25) is 11.9 Å². The molecule has 3 heterocycles. The molecule has 1 aromatic rings. The fourth-order valence-corrected chi connectivity index (χ4v) is 3.53. The van der Waals surface area contributed by atoms with Crippen LogP contribution in [0, 0.1) is 18.8 Å². The zero-order valence-corrected chi connectivity index (χ0v) is 14.2. The van der Waals surface area contributed by atoms with Crippen molar-refractivity contribution in [3.63, 3.8) is 0 Å². The van der Waals surface area contributed by atoms with Crippen LogP contribution in [0.4, 0.5) is 11.8 Å². The van der Waals surface area contributed by atoms with Gasteiger partial charge in [0.1, 0.15) is 5.82 Å². The van der Waals surface area contributed by atoms with Crippen molar-refractivity contribution in [2.45, 2.75) is 39.5 Å². The van der Waals surface area contributed by atoms with Crippen molar-refractivity contribution < 1.29 is 4.79 Å². The number of likely N-dealkylation sites (tertiary alicyclic amines) is 1. The average molecular weight is 317 g/mol. The van der Waals surface area contributed by atoms with Gasteiger partial charge in [-0.1, -0.05) is 6.92 Å². The number of nitrogens with two attached hydrogens (primary N) is 1. The molecule has 2 aliphatic heterocycles. The van der Waals surface area contributed by atoms with Crippen LogP contribution in [0.5, 0.6) is 0 Å². The monoisotopic (exact) mass is 317 g/mol. The molecule has 2 saturated heterocycles. The summed E-state index contributed by atoms with van der Waals surface area (Å²) >= 11 is 0. The van der Waals surface area contributed by atoms with Gasteiger partial charge in [0, 0.05) is 43.9 Å². The quantitative estimate of drug-likeness (QED) is 0.901. The molecule has 0 unspecified atom stereocenters. The second-order valence-corrected chi connectivity index (χ2v) is 7.00. The van der Waals surface area contributed by atoms with E-state index in [2.05, 4.69) is 26.7 Å². The van der Waals surface area contributed by atoms with Crippen molar-refractivity contribution in [2.75, 3.05) is 36.8 Å². The lowest BCUT2D eigenvalue weighted by Gasteiger charge is -2.36. The summed E-state index contributed by atoms with van der Waals surface area (Å²) in [5.74, 6) is 2.46. The molecule has 0 radical (unpaired) electrons. The third-order valence-electron chi connectivity index (χ3n) is 5.08. The Labute approximate surface area is 138 Å². The number of carbonyl (C=O) groups is 1. The molecule has 23 heavy (non-hydrogen) atoms. The van der Waals surface area contributed by atoms with Gasteiger partial charge in [-0.3, -0.25) is 4.79 Å². The molecule has 6 nitrogen and oxygen atoms in total. The normalized spacial score (nSPS) is 20.8. The maximum Gasteiger partial charge on any atom is 0.227 e. The number of rotatable bonds is 2. The van der Waals surface area contributed by atoms with Crippen molar-refractivity contribution in [3.05, 3.63) is 11.8 Å². The number of aryl methyl sites for hydroxylation is 1. The van der Waals surface area contributed by atoms with Gasteiger partial charge in [0.25, 0.3) is 0 Å². The highest BCUT2D eigenvalue weighted by Gasteiger charge is 2.30. The molecule has 1 amide bonds. The Hall–Kier alpha value is -1.85. The minimum atomic E-state index is 0.154. The summed E-state index contributed by atoms with van der Waals surface area (Å²) in [6.45, 7) is 7.70. The zero-order chi connectivity index (χ0) is 16.4. The lowest BCUT2D eigenvalue weighted by atomic mass is 9.93. The predicted octanol–water partition coefficient (Wildman–Crippen LogP) is 1.84. The molecule has 0 saturated carbocycles. The Kier molecular flexibility index (Phi) is 4.68. The Bertz CT molecular complexity index is 540. The van der Waals surface area contributed by atoms with Crippen molar-refractivity contribution in [1.29, 1.82) is 0 Å². The summed E-state index contributed by atoms with van der Waals surface area (Å²) in [5, 5.41) is 0. The number of hydrogen-bond acceptors (Lipinski definition) is 5. The first-order valence-corrected chi connectivity index (χ1v) is 8.68. The highest BCUT2D eigenvalue weighted by Crippen LogP contribution is 2.25. The van der Waals surface area contributed by atoms with E-state index in [1.54, 1.807) is 6.07 Å². The zero-order valence-electron chi connectivity index (χ0n) is 14.2. The molecule has 2 fully saturated rings. The summed E-state index contributed by atoms with van der Waals surface area (Å²) in [4.78, 5) is 25.7. The van der Waals surface area contributed by atoms with Gasteiger partial charge in [0.15, 0.2) is 0 Å². The minimum absolute atomic E-state index is 0.154. The van der Waals surface area contributed by atoms with Crippen LogP contribution in [0.1, 0.15) is 38.3 Å². The van der Waals surface area contributed by atoms with Crippen molar-refractivity contribution in [3.8, 4) is 0 Å². The smallest absolute Gasteiger partial charge is 0.227 e. The van der Waals surface area contributed by atoms with Gasteiger partial charge in [0.05, 0.1) is 0 Å². The first-order chi connectivity index (χ1) is 11.0. The van der Waals surface area contributed by atoms with Gasteiger partial charge < -0.3 is 15.5 Å². The molecule has 0 aliphatic carbocycles. The molecular formula is C17H27N5O. The van der Waals surface area contributed by atoms with Crippen LogP contribution in [0.3, 0.4) is 0 Å². The molecule has 126 valence electrons. The van der Waals surface area contributed by atoms with Crippen LogP contribution in [-0.4, -0.2) is 47.0 Å². The first kappa shape index (κ1) is 16.0. The lowest BCUT2D eigenvalue weighted by Crippen LogP contribution is -2.45. The fourth-order valence-electron chi connectivity index (χ4n) is 3.53. The Morgan fingerprint density at radius 3 is 2.39 bits per heavy atom. The Morgan fingerprint density at radius 1 is 1.13 bits per heavy atom. The molecule has 0 bridgehead atoms. The van der Waals surface area contributed by atoms with Gasteiger partial charge in [-0.25, -0.2) is 4.98 Å². The summed E-state index contributed by atoms with van der Waals surface area (Å²) in [7, 11) is 0. The number of nitrogens with zero attached hydrogens (tertiary/aromatic N) is 4. The molecular weight excluding hydrogens is 290 g/mol. The number of aromatic nitrogens is 2. The van der Waals surface area contributed by atoms with Gasteiger partial charge in [-0.05, 0) is 38.5 Å². The number of piperidine rings is 2. The van der Waals surface area contributed by atoms with E-state index in [4.69, 9.17) is 5.73 Å². The third kappa shape index (κ3) is 3.74. The molecule has 2 aliphatic rings. The maximum absolute atomic E-state index is 12.7. The van der Waals surface area contributed by atoms with E-state index in [1.165, 1.54) is 0 Å². The van der Waals surface area contributed by atoms with Crippen LogP contribution in [0.25, 0.3) is 0 Å². The van der Waals surface area contributed by atoms with E-state index in [0.717, 1.165) is 63.5 Å². The van der Waals surface area contributed by atoms with E-state index < -0.39 is 0 Å². The molecule has 1 aromatic heterocycles.